The van der Waals surface area contributed by atoms with Crippen molar-refractivity contribution in [1.29, 1.82) is 0 Å². The van der Waals surface area contributed by atoms with Crippen molar-refractivity contribution in [3.63, 3.8) is 0 Å². The minimum atomic E-state index is -0.680. The van der Waals surface area contributed by atoms with Gasteiger partial charge in [-0.05, 0) is 43.4 Å². The molecule has 8 heteroatoms. The summed E-state index contributed by atoms with van der Waals surface area (Å²) >= 11 is 1.54. The van der Waals surface area contributed by atoms with Crippen molar-refractivity contribution < 1.29 is 9.53 Å². The van der Waals surface area contributed by atoms with Crippen molar-refractivity contribution in [2.24, 2.45) is 0 Å². The number of aromatic amines is 2. The number of aryl methyl sites for hydroxylation is 2. The molecule has 1 aliphatic carbocycles. The first kappa shape index (κ1) is 17.8. The second kappa shape index (κ2) is 6.97. The van der Waals surface area contributed by atoms with Gasteiger partial charge in [-0.3, -0.25) is 9.59 Å². The molecular weight excluding hydrogens is 390 g/mol. The highest BCUT2D eigenvalue weighted by Crippen LogP contribution is 2.33. The number of hydrogen-bond acceptors (Lipinski definition) is 6. The lowest BCUT2D eigenvalue weighted by molar-refractivity contribution is 0.0455. The molecule has 2 N–H and O–H groups in total. The Balaban J connectivity index is 1.41. The maximum absolute atomic E-state index is 12.6. The molecule has 146 valence electrons. The van der Waals surface area contributed by atoms with E-state index >= 15 is 0 Å². The molecule has 0 bridgehead atoms. The van der Waals surface area contributed by atoms with Gasteiger partial charge in [0.05, 0.1) is 5.39 Å². The molecule has 0 radical (unpaired) electrons. The van der Waals surface area contributed by atoms with Gasteiger partial charge >= 0.3 is 5.97 Å². The minimum Gasteiger partial charge on any atom is -0.453 e. The van der Waals surface area contributed by atoms with Crippen molar-refractivity contribution in [2.75, 3.05) is 0 Å². The Hall–Kier alpha value is -3.26. The number of rotatable bonds is 3. The number of ether oxygens (including phenoxy) is 1. The lowest BCUT2D eigenvalue weighted by Crippen LogP contribution is -2.16. The molecule has 0 fully saturated rings. The number of nitrogens with zero attached hydrogens (tertiary/aromatic N) is 1. The third-order valence-corrected chi connectivity index (χ3v) is 6.36. The molecule has 0 spiro atoms. The number of esters is 1. The van der Waals surface area contributed by atoms with Gasteiger partial charge in [-0.15, -0.1) is 11.3 Å². The summed E-state index contributed by atoms with van der Waals surface area (Å²) < 4.78 is 5.29. The van der Waals surface area contributed by atoms with Gasteiger partial charge in [0.2, 0.25) is 0 Å². The van der Waals surface area contributed by atoms with Crippen LogP contribution in [-0.4, -0.2) is 20.9 Å². The Morgan fingerprint density at radius 3 is 2.86 bits per heavy atom. The van der Waals surface area contributed by atoms with Crippen LogP contribution in [0.4, 0.5) is 0 Å². The molecule has 0 saturated carbocycles. The van der Waals surface area contributed by atoms with Crippen molar-refractivity contribution in [3.8, 4) is 0 Å². The molecule has 3 heterocycles. The number of carbonyl (C=O) groups excluding carboxylic acids is 1. The molecule has 3 aromatic heterocycles. The fourth-order valence-electron chi connectivity index (χ4n) is 3.80. The van der Waals surface area contributed by atoms with Crippen molar-refractivity contribution in [2.45, 2.75) is 32.3 Å². The second-order valence-corrected chi connectivity index (χ2v) is 8.16. The molecule has 1 aliphatic rings. The van der Waals surface area contributed by atoms with Crippen LogP contribution in [0.15, 0.2) is 39.9 Å². The molecule has 7 nitrogen and oxygen atoms in total. The Labute approximate surface area is 168 Å². The van der Waals surface area contributed by atoms with Crippen LogP contribution in [0.25, 0.3) is 21.1 Å². The van der Waals surface area contributed by atoms with Crippen LogP contribution in [0, 0.1) is 0 Å². The van der Waals surface area contributed by atoms with Gasteiger partial charge in [-0.1, -0.05) is 12.1 Å². The maximum atomic E-state index is 12.6. The zero-order chi connectivity index (χ0) is 20.0. The van der Waals surface area contributed by atoms with Gasteiger partial charge in [-0.25, -0.2) is 9.78 Å². The predicted octanol–water partition coefficient (Wildman–Crippen LogP) is 3.06. The standard InChI is InChI=1S/C21H17N3O4S/c25-15-9-14(22-13-7-3-1-5-11(13)15)21(27)28-10-17-23-19(26)18-12-6-2-4-8-16(12)29-20(18)24-17/h1,3,5,7,9H,2,4,6,8,10H2,(H,22,25)(H,23,24,26). The van der Waals surface area contributed by atoms with Crippen molar-refractivity contribution in [3.05, 3.63) is 72.9 Å². The van der Waals surface area contributed by atoms with Gasteiger partial charge in [0.15, 0.2) is 5.43 Å². The van der Waals surface area contributed by atoms with E-state index in [1.54, 1.807) is 35.6 Å². The Bertz CT molecular complexity index is 1380. The van der Waals surface area contributed by atoms with Crippen LogP contribution >= 0.6 is 11.3 Å². The highest BCUT2D eigenvalue weighted by atomic mass is 32.1. The lowest BCUT2D eigenvalue weighted by Gasteiger charge is -2.09. The largest absolute Gasteiger partial charge is 0.453 e. The van der Waals surface area contributed by atoms with E-state index in [9.17, 15) is 14.4 Å². The van der Waals surface area contributed by atoms with E-state index in [2.05, 4.69) is 15.0 Å². The van der Waals surface area contributed by atoms with Crippen LogP contribution in [-0.2, 0) is 24.2 Å². The summed E-state index contributed by atoms with van der Waals surface area (Å²) in [4.78, 5) is 49.2. The van der Waals surface area contributed by atoms with Crippen molar-refractivity contribution >= 4 is 38.4 Å². The zero-order valence-corrected chi connectivity index (χ0v) is 16.2. The summed E-state index contributed by atoms with van der Waals surface area (Å²) in [5, 5.41) is 1.17. The summed E-state index contributed by atoms with van der Waals surface area (Å²) in [6.07, 6.45) is 4.10. The molecule has 29 heavy (non-hydrogen) atoms. The second-order valence-electron chi connectivity index (χ2n) is 7.07. The highest BCUT2D eigenvalue weighted by molar-refractivity contribution is 7.18. The first-order valence-corrected chi connectivity index (χ1v) is 10.2. The van der Waals surface area contributed by atoms with E-state index in [4.69, 9.17) is 4.74 Å². The Kier molecular flexibility index (Phi) is 4.28. The van der Waals surface area contributed by atoms with E-state index in [-0.39, 0.29) is 29.1 Å². The zero-order valence-electron chi connectivity index (χ0n) is 15.4. The van der Waals surface area contributed by atoms with Gasteiger partial charge in [0.1, 0.15) is 23.0 Å². The van der Waals surface area contributed by atoms with E-state index in [0.29, 0.717) is 21.1 Å². The fourth-order valence-corrected chi connectivity index (χ4v) is 5.08. The molecule has 0 unspecified atom stereocenters. The summed E-state index contributed by atoms with van der Waals surface area (Å²) in [7, 11) is 0. The summed E-state index contributed by atoms with van der Waals surface area (Å²) in [5.41, 5.74) is 1.28. The number of thiophene rings is 1. The number of nitrogens with one attached hydrogen (secondary N) is 2. The molecule has 4 aromatic rings. The average molecular weight is 407 g/mol. The number of fused-ring (bicyclic) bond motifs is 4. The SMILES string of the molecule is O=C(OCc1nc2sc3c(c2c(=O)[nH]1)CCCC3)c1cc(=O)c2ccccc2[nH]1. The third-order valence-electron chi connectivity index (χ3n) is 5.17. The molecule has 1 aromatic carbocycles. The van der Waals surface area contributed by atoms with Gasteiger partial charge in [0.25, 0.3) is 5.56 Å². The highest BCUT2D eigenvalue weighted by Gasteiger charge is 2.20. The Morgan fingerprint density at radius 1 is 1.14 bits per heavy atom. The minimum absolute atomic E-state index is 0.0590. The molecule has 0 atom stereocenters. The quantitative estimate of drug-likeness (QED) is 0.508. The van der Waals surface area contributed by atoms with Crippen LogP contribution in [0.1, 0.15) is 39.6 Å². The smallest absolute Gasteiger partial charge is 0.355 e. The number of benzene rings is 1. The van der Waals surface area contributed by atoms with Crippen LogP contribution in [0.3, 0.4) is 0 Å². The van der Waals surface area contributed by atoms with Crippen molar-refractivity contribution in [1.82, 2.24) is 15.0 Å². The number of aromatic nitrogens is 3. The van der Waals surface area contributed by atoms with E-state index in [0.717, 1.165) is 31.2 Å². The topological polar surface area (TPSA) is 105 Å². The van der Waals surface area contributed by atoms with Crippen LogP contribution in [0.5, 0.6) is 0 Å². The number of hydrogen-bond donors (Lipinski definition) is 2. The van der Waals surface area contributed by atoms with Crippen LogP contribution in [0.2, 0.25) is 0 Å². The maximum Gasteiger partial charge on any atom is 0.355 e. The van der Waals surface area contributed by atoms with Gasteiger partial charge in [0, 0.05) is 21.8 Å². The normalized spacial score (nSPS) is 13.5. The van der Waals surface area contributed by atoms with E-state index in [1.165, 1.54) is 10.9 Å². The lowest BCUT2D eigenvalue weighted by atomic mass is 9.97. The summed E-state index contributed by atoms with van der Waals surface area (Å²) in [6, 6.07) is 8.16. The first-order chi connectivity index (χ1) is 14.1. The number of para-hydroxylation sites is 1. The summed E-state index contributed by atoms with van der Waals surface area (Å²) in [6.45, 7) is -0.179. The van der Waals surface area contributed by atoms with E-state index in [1.807, 2.05) is 0 Å². The van der Waals surface area contributed by atoms with E-state index < -0.39 is 5.97 Å². The molecule has 0 amide bonds. The molecule has 0 saturated heterocycles. The summed E-state index contributed by atoms with van der Waals surface area (Å²) in [5.74, 6) is -0.390. The molecular formula is C21H17N3O4S. The number of carbonyl (C=O) groups is 1. The monoisotopic (exact) mass is 407 g/mol. The average Bonchev–Trinajstić information content (AvgIpc) is 3.11. The molecule has 5 rings (SSSR count). The fraction of sp³-hybridized carbons (Fsp3) is 0.238. The Morgan fingerprint density at radius 2 is 1.97 bits per heavy atom. The first-order valence-electron chi connectivity index (χ1n) is 9.43. The predicted molar refractivity (Wildman–Crippen MR) is 111 cm³/mol. The number of H-pyrrole nitrogens is 2. The molecule has 0 aliphatic heterocycles. The van der Waals surface area contributed by atoms with Crippen LogP contribution < -0.4 is 11.0 Å². The number of pyridine rings is 1. The third kappa shape index (κ3) is 3.15. The van der Waals surface area contributed by atoms with Gasteiger partial charge < -0.3 is 14.7 Å². The van der Waals surface area contributed by atoms with Gasteiger partial charge in [-0.2, -0.15) is 0 Å².